The lowest BCUT2D eigenvalue weighted by Crippen LogP contribution is -2.06. The molecule has 2 aromatic rings. The van der Waals surface area contributed by atoms with Crippen LogP contribution < -0.4 is 0 Å². The van der Waals surface area contributed by atoms with Crippen LogP contribution in [0, 0.1) is 0 Å². The molecule has 7 heteroatoms. The Morgan fingerprint density at radius 3 is 2.65 bits per heavy atom. The van der Waals surface area contributed by atoms with Crippen LogP contribution in [0.5, 0.6) is 0 Å². The van der Waals surface area contributed by atoms with E-state index in [9.17, 15) is 18.0 Å². The van der Waals surface area contributed by atoms with Gasteiger partial charge in [0.1, 0.15) is 0 Å². The monoisotopic (exact) mass is 319 g/mol. The molecule has 2 rings (SSSR count). The summed E-state index contributed by atoms with van der Waals surface area (Å²) in [6.45, 7) is 0. The molecule has 0 atom stereocenters. The number of benzene rings is 1. The fourth-order valence-electron chi connectivity index (χ4n) is 1.54. The summed E-state index contributed by atoms with van der Waals surface area (Å²) >= 11 is 6.56. The van der Waals surface area contributed by atoms with Gasteiger partial charge in [-0.15, -0.1) is 11.8 Å². The maximum Gasteiger partial charge on any atom is 0.417 e. The van der Waals surface area contributed by atoms with Crippen LogP contribution in [0.1, 0.15) is 16.1 Å². The molecule has 0 unspecified atom stereocenters. The molecule has 0 amide bonds. The maximum absolute atomic E-state index is 12.7. The van der Waals surface area contributed by atoms with Crippen LogP contribution in [-0.4, -0.2) is 16.5 Å². The number of Topliss-reactive ketones (excluding diaryl/α,β-unsaturated/α-hetero) is 1. The molecule has 1 heterocycles. The highest BCUT2D eigenvalue weighted by Gasteiger charge is 2.33. The molecule has 0 aliphatic rings. The Kier molecular flexibility index (Phi) is 4.45. The molecule has 0 fully saturated rings. The Bertz CT molecular complexity index is 611. The minimum Gasteiger partial charge on any atom is -0.359 e. The van der Waals surface area contributed by atoms with E-state index in [0.29, 0.717) is 10.6 Å². The minimum atomic E-state index is -4.50. The average Bonchev–Trinajstić information content (AvgIpc) is 2.90. The van der Waals surface area contributed by atoms with Crippen molar-refractivity contribution in [3.8, 4) is 0 Å². The molecule has 1 aromatic carbocycles. The molecular formula is C13H9ClF3NOS. The first-order valence-electron chi connectivity index (χ1n) is 5.54. The van der Waals surface area contributed by atoms with Gasteiger partial charge in [-0.2, -0.15) is 13.2 Å². The van der Waals surface area contributed by atoms with Crippen LogP contribution in [0.3, 0.4) is 0 Å². The van der Waals surface area contributed by atoms with Crippen molar-refractivity contribution in [1.29, 1.82) is 0 Å². The molecule has 0 spiro atoms. The highest BCUT2D eigenvalue weighted by molar-refractivity contribution is 8.00. The first-order chi connectivity index (χ1) is 9.38. The van der Waals surface area contributed by atoms with E-state index >= 15 is 0 Å². The van der Waals surface area contributed by atoms with Gasteiger partial charge >= 0.3 is 6.18 Å². The molecule has 0 bridgehead atoms. The summed E-state index contributed by atoms with van der Waals surface area (Å²) in [5.41, 5.74) is -0.459. The van der Waals surface area contributed by atoms with E-state index in [4.69, 9.17) is 11.6 Å². The molecule has 0 aliphatic heterocycles. The van der Waals surface area contributed by atoms with Crippen molar-refractivity contribution in [2.75, 3.05) is 5.75 Å². The molecule has 2 nitrogen and oxygen atoms in total. The van der Waals surface area contributed by atoms with Gasteiger partial charge in [-0.3, -0.25) is 4.79 Å². The first kappa shape index (κ1) is 15.0. The third-order valence-electron chi connectivity index (χ3n) is 2.51. The predicted molar refractivity (Wildman–Crippen MR) is 72.3 cm³/mol. The Morgan fingerprint density at radius 2 is 2.05 bits per heavy atom. The molecule has 0 saturated heterocycles. The van der Waals surface area contributed by atoms with Gasteiger partial charge in [-0.1, -0.05) is 11.6 Å². The highest BCUT2D eigenvalue weighted by atomic mass is 35.5. The van der Waals surface area contributed by atoms with Gasteiger partial charge in [-0.05, 0) is 30.3 Å². The van der Waals surface area contributed by atoms with Gasteiger partial charge < -0.3 is 4.98 Å². The number of halogens is 4. The first-order valence-corrected chi connectivity index (χ1v) is 6.90. The third-order valence-corrected chi connectivity index (χ3v) is 3.83. The van der Waals surface area contributed by atoms with Crippen LogP contribution >= 0.6 is 23.4 Å². The van der Waals surface area contributed by atoms with E-state index < -0.39 is 11.7 Å². The number of alkyl halides is 3. The number of aromatic nitrogens is 1. The smallest absolute Gasteiger partial charge is 0.359 e. The summed E-state index contributed by atoms with van der Waals surface area (Å²) in [4.78, 5) is 14.8. The van der Waals surface area contributed by atoms with Crippen molar-refractivity contribution in [3.05, 3.63) is 52.8 Å². The van der Waals surface area contributed by atoms with Gasteiger partial charge in [0.25, 0.3) is 0 Å². The number of carbonyl (C=O) groups excluding carboxylic acids is 1. The second kappa shape index (κ2) is 5.93. The van der Waals surface area contributed by atoms with E-state index in [1.54, 1.807) is 18.3 Å². The van der Waals surface area contributed by atoms with Gasteiger partial charge in [0.2, 0.25) is 0 Å². The van der Waals surface area contributed by atoms with E-state index in [2.05, 4.69) is 4.98 Å². The summed E-state index contributed by atoms with van der Waals surface area (Å²) < 4.78 is 38.1. The number of ketones is 1. The van der Waals surface area contributed by atoms with Gasteiger partial charge in [0.15, 0.2) is 5.78 Å². The average molecular weight is 320 g/mol. The van der Waals surface area contributed by atoms with Gasteiger partial charge in [-0.25, -0.2) is 0 Å². The van der Waals surface area contributed by atoms with Gasteiger partial charge in [0, 0.05) is 11.1 Å². The van der Waals surface area contributed by atoms with Gasteiger partial charge in [0.05, 0.1) is 22.0 Å². The number of aromatic amines is 1. The van der Waals surface area contributed by atoms with Crippen LogP contribution in [0.2, 0.25) is 5.02 Å². The molecule has 0 saturated carbocycles. The molecule has 0 radical (unpaired) electrons. The summed E-state index contributed by atoms with van der Waals surface area (Å²) in [5, 5.41) is -0.349. The maximum atomic E-state index is 12.7. The van der Waals surface area contributed by atoms with Crippen LogP contribution in [-0.2, 0) is 6.18 Å². The molecule has 1 N–H and O–H groups in total. The lowest BCUT2D eigenvalue weighted by molar-refractivity contribution is -0.137. The predicted octanol–water partition coefficient (Wildman–Crippen LogP) is 4.66. The molecule has 20 heavy (non-hydrogen) atoms. The van der Waals surface area contributed by atoms with Crippen molar-refractivity contribution in [3.63, 3.8) is 0 Å². The van der Waals surface area contributed by atoms with Crippen molar-refractivity contribution >= 4 is 29.1 Å². The molecule has 1 aromatic heterocycles. The Morgan fingerprint density at radius 1 is 1.30 bits per heavy atom. The van der Waals surface area contributed by atoms with Crippen LogP contribution in [0.15, 0.2) is 41.4 Å². The second-order valence-electron chi connectivity index (χ2n) is 3.94. The summed E-state index contributed by atoms with van der Waals surface area (Å²) in [7, 11) is 0. The SMILES string of the molecule is O=C(CSc1ccc(Cl)c(C(F)(F)F)c1)c1ccc[nH]1. The van der Waals surface area contributed by atoms with Crippen LogP contribution in [0.25, 0.3) is 0 Å². The number of thioether (sulfide) groups is 1. The van der Waals surface area contributed by atoms with Crippen molar-refractivity contribution in [2.45, 2.75) is 11.1 Å². The van der Waals surface area contributed by atoms with E-state index in [-0.39, 0.29) is 16.6 Å². The third kappa shape index (κ3) is 3.58. The van der Waals surface area contributed by atoms with E-state index in [0.717, 1.165) is 17.8 Å². The zero-order valence-electron chi connectivity index (χ0n) is 10.00. The Labute approximate surface area is 122 Å². The number of hydrogen-bond acceptors (Lipinski definition) is 2. The normalized spacial score (nSPS) is 11.6. The summed E-state index contributed by atoms with van der Waals surface area (Å²) in [6, 6.07) is 6.90. The van der Waals surface area contributed by atoms with E-state index in [1.165, 1.54) is 12.1 Å². The van der Waals surface area contributed by atoms with Crippen molar-refractivity contribution < 1.29 is 18.0 Å². The molecular weight excluding hydrogens is 311 g/mol. The quantitative estimate of drug-likeness (QED) is 0.656. The zero-order chi connectivity index (χ0) is 14.8. The lowest BCUT2D eigenvalue weighted by Gasteiger charge is -2.10. The standard InChI is InChI=1S/C13H9ClF3NOS/c14-10-4-3-8(6-9(10)13(15,16)17)20-7-12(19)11-2-1-5-18-11/h1-6,18H,7H2. The van der Waals surface area contributed by atoms with Crippen molar-refractivity contribution in [1.82, 2.24) is 4.98 Å². The second-order valence-corrected chi connectivity index (χ2v) is 5.39. The summed E-state index contributed by atoms with van der Waals surface area (Å²) in [5.74, 6) is -0.122. The van der Waals surface area contributed by atoms with Crippen molar-refractivity contribution in [2.24, 2.45) is 0 Å². The molecule has 0 aliphatic carbocycles. The number of hydrogen-bond donors (Lipinski definition) is 1. The lowest BCUT2D eigenvalue weighted by atomic mass is 10.2. The van der Waals surface area contributed by atoms with Crippen LogP contribution in [0.4, 0.5) is 13.2 Å². The minimum absolute atomic E-state index is 0.0550. The topological polar surface area (TPSA) is 32.9 Å². The molecule has 106 valence electrons. The Hall–Kier alpha value is -1.40. The number of rotatable bonds is 4. The zero-order valence-corrected chi connectivity index (χ0v) is 11.6. The largest absolute Gasteiger partial charge is 0.417 e. The highest BCUT2D eigenvalue weighted by Crippen LogP contribution is 2.37. The number of nitrogens with one attached hydrogen (secondary N) is 1. The number of carbonyl (C=O) groups is 1. The number of H-pyrrole nitrogens is 1. The fourth-order valence-corrected chi connectivity index (χ4v) is 2.59. The van der Waals surface area contributed by atoms with E-state index in [1.807, 2.05) is 0 Å². The fraction of sp³-hybridized carbons (Fsp3) is 0.154. The Balaban J connectivity index is 2.09. The summed E-state index contributed by atoms with van der Waals surface area (Å²) in [6.07, 6.45) is -2.89.